The molecule has 0 aliphatic carbocycles. The number of rotatable bonds is 5. The van der Waals surface area contributed by atoms with Gasteiger partial charge in [0, 0.05) is 52.5 Å². The van der Waals surface area contributed by atoms with Crippen LogP contribution in [0.5, 0.6) is 0 Å². The van der Waals surface area contributed by atoms with Gasteiger partial charge in [0.1, 0.15) is 0 Å². The molecule has 0 saturated carbocycles. The van der Waals surface area contributed by atoms with Gasteiger partial charge < -0.3 is 10.3 Å². The van der Waals surface area contributed by atoms with Crippen molar-refractivity contribution in [2.75, 3.05) is 6.54 Å². The summed E-state index contributed by atoms with van der Waals surface area (Å²) >= 11 is 5.96. The molecule has 6 nitrogen and oxygen atoms in total. The summed E-state index contributed by atoms with van der Waals surface area (Å²) in [5.41, 5.74) is 1.84. The molecule has 2 aromatic carbocycles. The Labute approximate surface area is 165 Å². The number of nitrogens with zero attached hydrogens (tertiary/aromatic N) is 2. The molecule has 2 heterocycles. The van der Waals surface area contributed by atoms with Crippen molar-refractivity contribution in [2.45, 2.75) is 6.42 Å². The van der Waals surface area contributed by atoms with Gasteiger partial charge in [0.25, 0.3) is 11.5 Å². The number of imidazole rings is 1. The predicted octanol–water partition coefficient (Wildman–Crippen LogP) is 3.34. The van der Waals surface area contributed by atoms with E-state index in [1.54, 1.807) is 61.2 Å². The zero-order chi connectivity index (χ0) is 19.5. The van der Waals surface area contributed by atoms with Gasteiger partial charge in [-0.05, 0) is 30.3 Å². The molecule has 0 radical (unpaired) electrons. The molecule has 28 heavy (non-hydrogen) atoms. The molecule has 0 aliphatic rings. The molecular weight excluding hydrogens is 376 g/mol. The Morgan fingerprint density at radius 2 is 1.86 bits per heavy atom. The van der Waals surface area contributed by atoms with Crippen molar-refractivity contribution in [1.82, 2.24) is 19.9 Å². The van der Waals surface area contributed by atoms with Crippen molar-refractivity contribution in [3.8, 4) is 5.69 Å². The van der Waals surface area contributed by atoms with Crippen molar-refractivity contribution >= 4 is 28.3 Å². The number of nitrogens with one attached hydrogen (secondary N) is 2. The average molecular weight is 393 g/mol. The second-order valence-corrected chi connectivity index (χ2v) is 6.76. The molecule has 0 fully saturated rings. The summed E-state index contributed by atoms with van der Waals surface area (Å²) in [6.07, 6.45) is 5.55. The van der Waals surface area contributed by atoms with E-state index in [4.69, 9.17) is 11.6 Å². The number of benzene rings is 2. The minimum absolute atomic E-state index is 0.188. The number of halogens is 1. The van der Waals surface area contributed by atoms with Crippen molar-refractivity contribution < 1.29 is 4.79 Å². The highest BCUT2D eigenvalue weighted by Crippen LogP contribution is 2.19. The maximum absolute atomic E-state index is 12.9. The number of hydrogen-bond acceptors (Lipinski definition) is 3. The number of fused-ring (bicyclic) bond motifs is 1. The molecule has 4 aromatic rings. The lowest BCUT2D eigenvalue weighted by Crippen LogP contribution is -2.28. The topological polar surface area (TPSA) is 79.8 Å². The Kier molecular flexibility index (Phi) is 4.95. The SMILES string of the molecule is O=C(NCCc1cnc[nH]1)c1cn(-c2ccc(Cl)cc2)c(=O)c2ccccc12. The molecule has 7 heteroatoms. The van der Waals surface area contributed by atoms with E-state index in [-0.39, 0.29) is 11.5 Å². The summed E-state index contributed by atoms with van der Waals surface area (Å²) in [4.78, 5) is 32.8. The molecule has 2 N–H and O–H groups in total. The number of hydrogen-bond donors (Lipinski definition) is 2. The predicted molar refractivity (Wildman–Crippen MR) is 109 cm³/mol. The summed E-state index contributed by atoms with van der Waals surface area (Å²) in [7, 11) is 0. The summed E-state index contributed by atoms with van der Waals surface area (Å²) < 4.78 is 1.47. The summed E-state index contributed by atoms with van der Waals surface area (Å²) in [6, 6.07) is 14.0. The summed E-state index contributed by atoms with van der Waals surface area (Å²) in [5.74, 6) is -0.238. The van der Waals surface area contributed by atoms with E-state index in [1.165, 1.54) is 4.57 Å². The monoisotopic (exact) mass is 392 g/mol. The maximum atomic E-state index is 12.9. The van der Waals surface area contributed by atoms with E-state index in [2.05, 4.69) is 15.3 Å². The minimum Gasteiger partial charge on any atom is -0.352 e. The van der Waals surface area contributed by atoms with Gasteiger partial charge in [-0.15, -0.1) is 0 Å². The molecule has 0 unspecified atom stereocenters. The molecule has 0 saturated heterocycles. The van der Waals surface area contributed by atoms with Gasteiger partial charge in [0.05, 0.1) is 11.9 Å². The highest BCUT2D eigenvalue weighted by Gasteiger charge is 2.15. The van der Waals surface area contributed by atoms with Crippen LogP contribution in [0, 0.1) is 0 Å². The standard InChI is InChI=1S/C21H17ClN4O2/c22-14-5-7-16(8-6-14)26-12-19(17-3-1-2-4-18(17)21(26)28)20(27)24-10-9-15-11-23-13-25-15/h1-8,11-13H,9-10H2,(H,23,25)(H,24,27). The average Bonchev–Trinajstić information content (AvgIpc) is 3.23. The van der Waals surface area contributed by atoms with E-state index in [0.29, 0.717) is 40.0 Å². The van der Waals surface area contributed by atoms with Crippen LogP contribution in [-0.4, -0.2) is 27.0 Å². The van der Waals surface area contributed by atoms with E-state index >= 15 is 0 Å². The second-order valence-electron chi connectivity index (χ2n) is 6.32. The lowest BCUT2D eigenvalue weighted by molar-refractivity contribution is 0.0955. The zero-order valence-electron chi connectivity index (χ0n) is 14.9. The van der Waals surface area contributed by atoms with Gasteiger partial charge in [-0.2, -0.15) is 0 Å². The third-order valence-electron chi connectivity index (χ3n) is 4.51. The van der Waals surface area contributed by atoms with Crippen molar-refractivity contribution in [2.24, 2.45) is 0 Å². The smallest absolute Gasteiger partial charge is 0.262 e. The van der Waals surface area contributed by atoms with Crippen LogP contribution in [-0.2, 0) is 6.42 Å². The Hall–Kier alpha value is -3.38. The fourth-order valence-electron chi connectivity index (χ4n) is 3.09. The molecule has 140 valence electrons. The highest BCUT2D eigenvalue weighted by atomic mass is 35.5. The van der Waals surface area contributed by atoms with E-state index in [0.717, 1.165) is 5.69 Å². The van der Waals surface area contributed by atoms with Crippen LogP contribution in [0.3, 0.4) is 0 Å². The van der Waals surface area contributed by atoms with Crippen LogP contribution in [0.1, 0.15) is 16.1 Å². The third kappa shape index (κ3) is 3.54. The van der Waals surface area contributed by atoms with Gasteiger partial charge >= 0.3 is 0 Å². The summed E-state index contributed by atoms with van der Waals surface area (Å²) in [5, 5.41) is 4.60. The minimum atomic E-state index is -0.238. The second kappa shape index (κ2) is 7.70. The van der Waals surface area contributed by atoms with Crippen molar-refractivity contribution in [1.29, 1.82) is 0 Å². The Balaban J connectivity index is 1.72. The Morgan fingerprint density at radius 1 is 1.11 bits per heavy atom. The number of carbonyl (C=O) groups excluding carboxylic acids is 1. The first-order chi connectivity index (χ1) is 13.6. The largest absolute Gasteiger partial charge is 0.352 e. The molecule has 2 aromatic heterocycles. The molecule has 0 spiro atoms. The van der Waals surface area contributed by atoms with Gasteiger partial charge in [0.15, 0.2) is 0 Å². The number of H-pyrrole nitrogens is 1. The van der Waals surface area contributed by atoms with E-state index in [9.17, 15) is 9.59 Å². The zero-order valence-corrected chi connectivity index (χ0v) is 15.6. The van der Waals surface area contributed by atoms with Crippen LogP contribution >= 0.6 is 11.6 Å². The molecule has 0 atom stereocenters. The molecular formula is C21H17ClN4O2. The summed E-state index contributed by atoms with van der Waals surface area (Å²) in [6.45, 7) is 0.454. The van der Waals surface area contributed by atoms with Gasteiger partial charge in [-0.3, -0.25) is 14.2 Å². The van der Waals surface area contributed by atoms with Crippen molar-refractivity contribution in [3.05, 3.63) is 93.9 Å². The van der Waals surface area contributed by atoms with Gasteiger partial charge in [-0.25, -0.2) is 4.98 Å². The van der Waals surface area contributed by atoms with Crippen LogP contribution in [0.15, 0.2) is 72.0 Å². The van der Waals surface area contributed by atoms with Gasteiger partial charge in [-0.1, -0.05) is 29.8 Å². The maximum Gasteiger partial charge on any atom is 0.262 e. The quantitative estimate of drug-likeness (QED) is 0.546. The van der Waals surface area contributed by atoms with Crippen LogP contribution in [0.4, 0.5) is 0 Å². The Bertz CT molecular complexity index is 1180. The lowest BCUT2D eigenvalue weighted by atomic mass is 10.1. The fourth-order valence-corrected chi connectivity index (χ4v) is 3.22. The first-order valence-corrected chi connectivity index (χ1v) is 9.17. The molecule has 0 bridgehead atoms. The highest BCUT2D eigenvalue weighted by molar-refractivity contribution is 6.30. The number of aromatic amines is 1. The molecule has 1 amide bonds. The van der Waals surface area contributed by atoms with E-state index in [1.807, 2.05) is 6.07 Å². The normalized spacial score (nSPS) is 10.9. The van der Waals surface area contributed by atoms with Crippen LogP contribution in [0.2, 0.25) is 5.02 Å². The molecule has 4 rings (SSSR count). The van der Waals surface area contributed by atoms with Crippen molar-refractivity contribution in [3.63, 3.8) is 0 Å². The number of amides is 1. The van der Waals surface area contributed by atoms with Crippen LogP contribution in [0.25, 0.3) is 16.5 Å². The van der Waals surface area contributed by atoms with Crippen LogP contribution < -0.4 is 10.9 Å². The number of pyridine rings is 1. The first kappa shape index (κ1) is 18.0. The van der Waals surface area contributed by atoms with Gasteiger partial charge in [0.2, 0.25) is 0 Å². The molecule has 0 aliphatic heterocycles. The lowest BCUT2D eigenvalue weighted by Gasteiger charge is -2.13. The number of aromatic nitrogens is 3. The van der Waals surface area contributed by atoms with E-state index < -0.39 is 0 Å². The first-order valence-electron chi connectivity index (χ1n) is 8.79. The Morgan fingerprint density at radius 3 is 2.57 bits per heavy atom. The fraction of sp³-hybridized carbons (Fsp3) is 0.0952. The third-order valence-corrected chi connectivity index (χ3v) is 4.76. The number of carbonyl (C=O) groups is 1.